The normalized spacial score (nSPS) is 11.6. The molecular formula is C25H21BrN6O3. The smallest absolute Gasteiger partial charge is 0.332 e. The van der Waals surface area contributed by atoms with E-state index >= 15 is 0 Å². The van der Waals surface area contributed by atoms with Gasteiger partial charge in [-0.15, -0.1) is 0 Å². The summed E-state index contributed by atoms with van der Waals surface area (Å²) < 4.78 is 4.91. The summed E-state index contributed by atoms with van der Waals surface area (Å²) in [5, 5.41) is 16.5. The molecule has 5 aromatic rings. The van der Waals surface area contributed by atoms with Crippen molar-refractivity contribution in [1.29, 1.82) is 0 Å². The maximum atomic E-state index is 13.2. The van der Waals surface area contributed by atoms with Crippen molar-refractivity contribution in [1.82, 2.24) is 18.7 Å². The lowest BCUT2D eigenvalue weighted by Gasteiger charge is -2.11. The molecular weight excluding hydrogens is 512 g/mol. The van der Waals surface area contributed by atoms with Crippen molar-refractivity contribution in [2.75, 3.05) is 5.43 Å². The van der Waals surface area contributed by atoms with Crippen molar-refractivity contribution < 1.29 is 5.11 Å². The maximum Gasteiger partial charge on any atom is 0.332 e. The lowest BCUT2D eigenvalue weighted by atomic mass is 10.0. The first kappa shape index (κ1) is 22.6. The van der Waals surface area contributed by atoms with Gasteiger partial charge in [0.05, 0.1) is 12.8 Å². The molecule has 9 nitrogen and oxygen atoms in total. The Morgan fingerprint density at radius 3 is 2.66 bits per heavy atom. The SMILES string of the molecule is Cn1c(=O)c2c(nc(N/N=C/c3cc(Br)ccc3O)n2Cc2cccc3ccccc23)n(C)c1=O. The van der Waals surface area contributed by atoms with Gasteiger partial charge in [-0.2, -0.15) is 10.1 Å². The lowest BCUT2D eigenvalue weighted by Crippen LogP contribution is -2.37. The second-order valence-electron chi connectivity index (χ2n) is 8.11. The summed E-state index contributed by atoms with van der Waals surface area (Å²) in [6.45, 7) is 0.325. The molecule has 0 fully saturated rings. The summed E-state index contributed by atoms with van der Waals surface area (Å²) in [4.78, 5) is 30.2. The molecule has 176 valence electrons. The van der Waals surface area contributed by atoms with E-state index < -0.39 is 11.2 Å². The van der Waals surface area contributed by atoms with E-state index in [9.17, 15) is 14.7 Å². The van der Waals surface area contributed by atoms with Crippen molar-refractivity contribution in [3.63, 3.8) is 0 Å². The number of aryl methyl sites for hydroxylation is 1. The lowest BCUT2D eigenvalue weighted by molar-refractivity contribution is 0.474. The molecule has 0 aliphatic rings. The number of anilines is 1. The second-order valence-corrected chi connectivity index (χ2v) is 9.03. The monoisotopic (exact) mass is 532 g/mol. The van der Waals surface area contributed by atoms with Gasteiger partial charge < -0.3 is 5.11 Å². The Labute approximate surface area is 207 Å². The zero-order valence-corrected chi connectivity index (χ0v) is 20.5. The highest BCUT2D eigenvalue weighted by molar-refractivity contribution is 9.10. The van der Waals surface area contributed by atoms with Gasteiger partial charge in [0.15, 0.2) is 11.2 Å². The number of nitrogens with zero attached hydrogens (tertiary/aromatic N) is 5. The van der Waals surface area contributed by atoms with E-state index in [0.29, 0.717) is 12.1 Å². The van der Waals surface area contributed by atoms with Crippen LogP contribution in [0, 0.1) is 0 Å². The Bertz CT molecular complexity index is 1740. The van der Waals surface area contributed by atoms with Gasteiger partial charge in [0.2, 0.25) is 5.95 Å². The Balaban J connectivity index is 1.66. The molecule has 0 saturated heterocycles. The number of hydrogen-bond acceptors (Lipinski definition) is 6. The average molecular weight is 533 g/mol. The van der Waals surface area contributed by atoms with Crippen LogP contribution in [-0.2, 0) is 20.6 Å². The van der Waals surface area contributed by atoms with Crippen LogP contribution in [0.3, 0.4) is 0 Å². The van der Waals surface area contributed by atoms with Crippen LogP contribution in [-0.4, -0.2) is 30.0 Å². The van der Waals surface area contributed by atoms with E-state index in [1.165, 1.54) is 17.8 Å². The fourth-order valence-corrected chi connectivity index (χ4v) is 4.45. The molecule has 2 aromatic heterocycles. The van der Waals surface area contributed by atoms with Crippen LogP contribution in [0.4, 0.5) is 5.95 Å². The molecule has 0 aliphatic carbocycles. The predicted octanol–water partition coefficient (Wildman–Crippen LogP) is 3.55. The molecule has 5 rings (SSSR count). The Hall–Kier alpha value is -4.18. The summed E-state index contributed by atoms with van der Waals surface area (Å²) in [5.41, 5.74) is 3.99. The van der Waals surface area contributed by atoms with Crippen molar-refractivity contribution in [2.45, 2.75) is 6.54 Å². The van der Waals surface area contributed by atoms with Crippen LogP contribution in [0.1, 0.15) is 11.1 Å². The van der Waals surface area contributed by atoms with Crippen LogP contribution in [0.2, 0.25) is 0 Å². The number of nitrogens with one attached hydrogen (secondary N) is 1. The van der Waals surface area contributed by atoms with E-state index in [-0.39, 0.29) is 22.9 Å². The highest BCUT2D eigenvalue weighted by atomic mass is 79.9. The highest BCUT2D eigenvalue weighted by Gasteiger charge is 2.20. The van der Waals surface area contributed by atoms with Gasteiger partial charge >= 0.3 is 5.69 Å². The first-order valence-electron chi connectivity index (χ1n) is 10.8. The van der Waals surface area contributed by atoms with Gasteiger partial charge in [0.1, 0.15) is 5.75 Å². The number of imidazole rings is 1. The molecule has 0 spiro atoms. The topological polar surface area (TPSA) is 106 Å². The molecule has 10 heteroatoms. The third kappa shape index (κ3) is 4.01. The van der Waals surface area contributed by atoms with Gasteiger partial charge in [0.25, 0.3) is 5.56 Å². The standard InChI is InChI=1S/C25H21BrN6O3/c1-30-22-21(23(34)31(2)25(30)35)32(14-16-8-5-7-15-6-3-4-9-19(15)16)24(28-22)29-27-13-17-12-18(26)10-11-20(17)33/h3-13,33H,14H2,1-2H3,(H,28,29)/b27-13+. The molecule has 0 atom stereocenters. The van der Waals surface area contributed by atoms with E-state index in [0.717, 1.165) is 25.4 Å². The molecule has 0 saturated carbocycles. The van der Waals surface area contributed by atoms with E-state index in [2.05, 4.69) is 31.4 Å². The zero-order valence-electron chi connectivity index (χ0n) is 18.9. The number of hydrazone groups is 1. The van der Waals surface area contributed by atoms with Crippen LogP contribution in [0.5, 0.6) is 5.75 Å². The average Bonchev–Trinajstić information content (AvgIpc) is 3.22. The first-order chi connectivity index (χ1) is 16.8. The number of aromatic nitrogens is 4. The largest absolute Gasteiger partial charge is 0.507 e. The van der Waals surface area contributed by atoms with Gasteiger partial charge in [-0.1, -0.05) is 58.4 Å². The minimum Gasteiger partial charge on any atom is -0.507 e. The van der Waals surface area contributed by atoms with Gasteiger partial charge in [-0.3, -0.25) is 18.5 Å². The number of hydrogen-bond donors (Lipinski definition) is 2. The number of halogens is 1. The van der Waals surface area contributed by atoms with E-state index in [4.69, 9.17) is 0 Å². The minimum absolute atomic E-state index is 0.0688. The predicted molar refractivity (Wildman–Crippen MR) is 140 cm³/mol. The van der Waals surface area contributed by atoms with Gasteiger partial charge in [-0.05, 0) is 34.5 Å². The highest BCUT2D eigenvalue weighted by Crippen LogP contribution is 2.24. The van der Waals surface area contributed by atoms with Gasteiger partial charge in [0, 0.05) is 24.1 Å². The van der Waals surface area contributed by atoms with Crippen LogP contribution in [0.25, 0.3) is 21.9 Å². The number of aromatic hydroxyl groups is 1. The zero-order chi connectivity index (χ0) is 24.7. The Morgan fingerprint density at radius 1 is 1.06 bits per heavy atom. The van der Waals surface area contributed by atoms with Crippen LogP contribution >= 0.6 is 15.9 Å². The number of fused-ring (bicyclic) bond motifs is 2. The quantitative estimate of drug-likeness (QED) is 0.266. The fraction of sp³-hybridized carbons (Fsp3) is 0.120. The molecule has 0 unspecified atom stereocenters. The third-order valence-electron chi connectivity index (χ3n) is 5.91. The summed E-state index contributed by atoms with van der Waals surface area (Å²) in [6, 6.07) is 19.0. The molecule has 35 heavy (non-hydrogen) atoms. The van der Waals surface area contributed by atoms with Crippen molar-refractivity contribution in [3.8, 4) is 5.75 Å². The molecule has 0 aliphatic heterocycles. The summed E-state index contributed by atoms with van der Waals surface area (Å²) in [6.07, 6.45) is 1.46. The van der Waals surface area contributed by atoms with E-state index in [1.807, 2.05) is 42.5 Å². The summed E-state index contributed by atoms with van der Waals surface area (Å²) in [7, 11) is 3.02. The van der Waals surface area contributed by atoms with Crippen molar-refractivity contribution in [2.24, 2.45) is 19.2 Å². The fourth-order valence-electron chi connectivity index (χ4n) is 4.07. The molecule has 2 N–H and O–H groups in total. The summed E-state index contributed by atoms with van der Waals surface area (Å²) >= 11 is 3.38. The second kappa shape index (κ2) is 8.88. The Morgan fingerprint density at radius 2 is 1.83 bits per heavy atom. The number of rotatable bonds is 5. The third-order valence-corrected chi connectivity index (χ3v) is 6.41. The Kier molecular flexibility index (Phi) is 5.73. The minimum atomic E-state index is -0.466. The molecule has 0 radical (unpaired) electrons. The first-order valence-corrected chi connectivity index (χ1v) is 11.5. The summed E-state index contributed by atoms with van der Waals surface area (Å²) in [5.74, 6) is 0.358. The molecule has 0 amide bonds. The van der Waals surface area contributed by atoms with Crippen LogP contribution in [0.15, 0.2) is 79.8 Å². The van der Waals surface area contributed by atoms with E-state index in [1.54, 1.807) is 29.8 Å². The van der Waals surface area contributed by atoms with Crippen molar-refractivity contribution >= 4 is 50.0 Å². The molecule has 0 bridgehead atoms. The molecule has 3 aromatic carbocycles. The number of benzene rings is 3. The maximum absolute atomic E-state index is 13.2. The van der Waals surface area contributed by atoms with Gasteiger partial charge in [-0.25, -0.2) is 10.2 Å². The number of phenolic OH excluding ortho intramolecular Hbond substituents is 1. The van der Waals surface area contributed by atoms with Crippen LogP contribution < -0.4 is 16.7 Å². The molecule has 2 heterocycles. The number of phenols is 1. The van der Waals surface area contributed by atoms with Crippen molar-refractivity contribution in [3.05, 3.63) is 97.1 Å².